The molecule has 4 heteroatoms. The van der Waals surface area contributed by atoms with Gasteiger partial charge in [0.15, 0.2) is 11.5 Å². The lowest BCUT2D eigenvalue weighted by atomic mass is 9.49. The molecule has 0 spiro atoms. The molecule has 1 saturated carbocycles. The average Bonchev–Trinajstić information content (AvgIpc) is 2.53. The summed E-state index contributed by atoms with van der Waals surface area (Å²) in [5.41, 5.74) is 1.49. The summed E-state index contributed by atoms with van der Waals surface area (Å²) in [7, 11) is 1.55. The Kier molecular flexibility index (Phi) is 4.29. The Labute approximate surface area is 150 Å². The number of aromatic hydroxyl groups is 1. The second-order valence-electron chi connectivity index (χ2n) is 8.75. The van der Waals surface area contributed by atoms with E-state index in [2.05, 4.69) is 33.8 Å². The van der Waals surface area contributed by atoms with Crippen LogP contribution in [0.4, 0.5) is 0 Å². The number of aryl methyl sites for hydroxylation is 1. The maximum absolute atomic E-state index is 12.6. The van der Waals surface area contributed by atoms with Crippen molar-refractivity contribution in [1.29, 1.82) is 0 Å². The first-order chi connectivity index (χ1) is 11.7. The van der Waals surface area contributed by atoms with Crippen LogP contribution in [0.5, 0.6) is 11.5 Å². The van der Waals surface area contributed by atoms with Gasteiger partial charge in [-0.05, 0) is 48.5 Å². The number of hydrogen-bond donors (Lipinski definition) is 2. The standard InChI is InChI=1S/C21H30O4/c1-12(2)14-11-13-7-8-15-20(3,4)9-6-10-21(15,19(23)24)16(13)17(22)18(14)25-5/h11-12,15,22H,6-10H2,1-5H3,(H,23,24)/t15-,21+/m1/s1. The van der Waals surface area contributed by atoms with Gasteiger partial charge in [-0.25, -0.2) is 0 Å². The first-order valence-electron chi connectivity index (χ1n) is 9.33. The predicted octanol–water partition coefficient (Wildman–Crippen LogP) is 4.62. The van der Waals surface area contributed by atoms with Crippen molar-refractivity contribution in [1.82, 2.24) is 0 Å². The summed E-state index contributed by atoms with van der Waals surface area (Å²) >= 11 is 0. The van der Waals surface area contributed by atoms with Gasteiger partial charge in [-0.15, -0.1) is 0 Å². The fourth-order valence-electron chi connectivity index (χ4n) is 5.50. The third-order valence-electron chi connectivity index (χ3n) is 6.65. The van der Waals surface area contributed by atoms with Crippen LogP contribution in [0.2, 0.25) is 0 Å². The molecule has 2 aliphatic rings. The normalized spacial score (nSPS) is 27.5. The fraction of sp³-hybridized carbons (Fsp3) is 0.667. The molecule has 0 aromatic heterocycles. The molecule has 138 valence electrons. The minimum Gasteiger partial charge on any atom is -0.504 e. The van der Waals surface area contributed by atoms with Crippen LogP contribution < -0.4 is 4.74 Å². The van der Waals surface area contributed by atoms with Gasteiger partial charge in [0.25, 0.3) is 0 Å². The van der Waals surface area contributed by atoms with Crippen molar-refractivity contribution >= 4 is 5.97 Å². The highest BCUT2D eigenvalue weighted by Gasteiger charge is 2.58. The first kappa shape index (κ1) is 18.1. The predicted molar refractivity (Wildman–Crippen MR) is 97.5 cm³/mol. The van der Waals surface area contributed by atoms with Crippen LogP contribution in [0.15, 0.2) is 6.07 Å². The second-order valence-corrected chi connectivity index (χ2v) is 8.75. The van der Waals surface area contributed by atoms with Gasteiger partial charge in [0.2, 0.25) is 0 Å². The lowest BCUT2D eigenvalue weighted by Crippen LogP contribution is -2.54. The van der Waals surface area contributed by atoms with E-state index in [-0.39, 0.29) is 23.0 Å². The van der Waals surface area contributed by atoms with Gasteiger partial charge in [0, 0.05) is 11.1 Å². The largest absolute Gasteiger partial charge is 0.504 e. The number of benzene rings is 1. The van der Waals surface area contributed by atoms with Gasteiger partial charge in [-0.3, -0.25) is 4.79 Å². The van der Waals surface area contributed by atoms with Gasteiger partial charge in [0.05, 0.1) is 12.5 Å². The van der Waals surface area contributed by atoms with E-state index in [4.69, 9.17) is 4.74 Å². The first-order valence-corrected chi connectivity index (χ1v) is 9.33. The Morgan fingerprint density at radius 3 is 2.56 bits per heavy atom. The molecule has 2 atom stereocenters. The Morgan fingerprint density at radius 2 is 2.00 bits per heavy atom. The van der Waals surface area contributed by atoms with Crippen LogP contribution in [0.1, 0.15) is 76.0 Å². The average molecular weight is 346 g/mol. The van der Waals surface area contributed by atoms with Crippen LogP contribution >= 0.6 is 0 Å². The molecule has 0 unspecified atom stereocenters. The van der Waals surface area contributed by atoms with Crippen molar-refractivity contribution in [2.45, 2.75) is 71.1 Å². The summed E-state index contributed by atoms with van der Waals surface area (Å²) in [6, 6.07) is 2.07. The number of rotatable bonds is 3. The van der Waals surface area contributed by atoms with Gasteiger partial charge < -0.3 is 14.9 Å². The molecule has 2 N–H and O–H groups in total. The van der Waals surface area contributed by atoms with Crippen LogP contribution in [-0.2, 0) is 16.6 Å². The molecule has 0 amide bonds. The summed E-state index contributed by atoms with van der Waals surface area (Å²) in [5.74, 6) is -0.0838. The van der Waals surface area contributed by atoms with Crippen molar-refractivity contribution in [3.8, 4) is 11.5 Å². The van der Waals surface area contributed by atoms with Crippen LogP contribution in [-0.4, -0.2) is 23.3 Å². The molecule has 1 fully saturated rings. The third kappa shape index (κ3) is 2.44. The number of carboxylic acids is 1. The number of hydrogen-bond acceptors (Lipinski definition) is 3. The highest BCUT2D eigenvalue weighted by molar-refractivity contribution is 5.85. The molecule has 0 aliphatic heterocycles. The minimum atomic E-state index is -1.01. The third-order valence-corrected chi connectivity index (χ3v) is 6.65. The van der Waals surface area contributed by atoms with Crippen LogP contribution in [0, 0.1) is 11.3 Å². The van der Waals surface area contributed by atoms with Gasteiger partial charge >= 0.3 is 5.97 Å². The maximum Gasteiger partial charge on any atom is 0.314 e. The zero-order chi connectivity index (χ0) is 18.6. The Hall–Kier alpha value is -1.71. The zero-order valence-electron chi connectivity index (χ0n) is 16.0. The van der Waals surface area contributed by atoms with E-state index in [1.807, 2.05) is 0 Å². The Bertz CT molecular complexity index is 704. The summed E-state index contributed by atoms with van der Waals surface area (Å²) < 4.78 is 5.52. The second kappa shape index (κ2) is 5.93. The number of carboxylic acid groups (broad SMARTS) is 1. The van der Waals surface area contributed by atoms with Crippen molar-refractivity contribution in [2.24, 2.45) is 11.3 Å². The number of methoxy groups -OCH3 is 1. The van der Waals surface area contributed by atoms with Crippen molar-refractivity contribution in [2.75, 3.05) is 7.11 Å². The van der Waals surface area contributed by atoms with Gasteiger partial charge in [0.1, 0.15) is 0 Å². The highest BCUT2D eigenvalue weighted by Crippen LogP contribution is 2.60. The molecular formula is C21H30O4. The number of aliphatic carboxylic acids is 1. The molecule has 3 rings (SSSR count). The van der Waals surface area contributed by atoms with Crippen molar-refractivity contribution in [3.63, 3.8) is 0 Å². The molecule has 0 bridgehead atoms. The van der Waals surface area contributed by atoms with Crippen LogP contribution in [0.25, 0.3) is 0 Å². The van der Waals surface area contributed by atoms with E-state index in [1.165, 1.54) is 0 Å². The maximum atomic E-state index is 12.6. The molecule has 0 heterocycles. The highest BCUT2D eigenvalue weighted by atomic mass is 16.5. The lowest BCUT2D eigenvalue weighted by molar-refractivity contribution is -0.152. The molecule has 25 heavy (non-hydrogen) atoms. The van der Waals surface area contributed by atoms with Crippen LogP contribution in [0.3, 0.4) is 0 Å². The summed E-state index contributed by atoms with van der Waals surface area (Å²) in [6.07, 6.45) is 4.15. The summed E-state index contributed by atoms with van der Waals surface area (Å²) in [6.45, 7) is 8.48. The van der Waals surface area contributed by atoms with Crippen molar-refractivity contribution < 1.29 is 19.7 Å². The smallest absolute Gasteiger partial charge is 0.314 e. The van der Waals surface area contributed by atoms with E-state index < -0.39 is 11.4 Å². The summed E-state index contributed by atoms with van der Waals surface area (Å²) in [5, 5.41) is 21.4. The van der Waals surface area contributed by atoms with Gasteiger partial charge in [-0.2, -0.15) is 0 Å². The molecule has 0 radical (unpaired) electrons. The number of phenols is 1. The number of carbonyl (C=O) groups is 1. The fourth-order valence-corrected chi connectivity index (χ4v) is 5.50. The molecule has 0 saturated heterocycles. The zero-order valence-corrected chi connectivity index (χ0v) is 16.0. The molecule has 1 aromatic rings. The number of fused-ring (bicyclic) bond motifs is 3. The molecule has 2 aliphatic carbocycles. The lowest BCUT2D eigenvalue weighted by Gasteiger charge is -2.53. The molecule has 1 aromatic carbocycles. The number of ether oxygens (including phenoxy) is 1. The van der Waals surface area contributed by atoms with E-state index in [0.717, 1.165) is 36.8 Å². The monoisotopic (exact) mass is 346 g/mol. The quantitative estimate of drug-likeness (QED) is 0.838. The van der Waals surface area contributed by atoms with E-state index in [0.29, 0.717) is 17.7 Å². The molecule has 4 nitrogen and oxygen atoms in total. The van der Waals surface area contributed by atoms with Crippen molar-refractivity contribution in [3.05, 3.63) is 22.8 Å². The minimum absolute atomic E-state index is 0.0271. The summed E-state index contributed by atoms with van der Waals surface area (Å²) in [4.78, 5) is 12.6. The van der Waals surface area contributed by atoms with E-state index >= 15 is 0 Å². The SMILES string of the molecule is COc1c(C(C)C)cc2c(c1O)[C@]1(C(=O)O)CCCC(C)(C)[C@H]1CC2. The number of phenolic OH excluding ortho intramolecular Hbond substituents is 1. The Balaban J connectivity index is 2.32. The molecular weight excluding hydrogens is 316 g/mol. The van der Waals surface area contributed by atoms with Gasteiger partial charge in [-0.1, -0.05) is 40.2 Å². The topological polar surface area (TPSA) is 66.8 Å². The Morgan fingerprint density at radius 1 is 1.32 bits per heavy atom. The van der Waals surface area contributed by atoms with E-state index in [9.17, 15) is 15.0 Å². The van der Waals surface area contributed by atoms with E-state index in [1.54, 1.807) is 7.11 Å².